The van der Waals surface area contributed by atoms with Gasteiger partial charge in [-0.15, -0.1) is 11.3 Å². The van der Waals surface area contributed by atoms with Gasteiger partial charge >= 0.3 is 0 Å². The van der Waals surface area contributed by atoms with Gasteiger partial charge in [0.15, 0.2) is 0 Å². The second-order valence-corrected chi connectivity index (χ2v) is 8.22. The normalized spacial score (nSPS) is 16.2. The molecular weight excluding hydrogens is 430 g/mol. The zero-order valence-corrected chi connectivity index (χ0v) is 17.0. The number of hydrogen-bond donors (Lipinski definition) is 2. The SMILES string of the molecule is O=C(CNC(=O)C1CCCN1C(=O)Cc1cccs1)Nc1ccc(Br)cc1. The van der Waals surface area contributed by atoms with E-state index in [9.17, 15) is 14.4 Å². The number of carbonyl (C=O) groups excluding carboxylic acids is 3. The third kappa shape index (κ3) is 5.40. The van der Waals surface area contributed by atoms with Crippen LogP contribution >= 0.6 is 27.3 Å². The lowest BCUT2D eigenvalue weighted by Crippen LogP contribution is -2.48. The molecule has 2 N–H and O–H groups in total. The first kappa shape index (κ1) is 19.6. The number of nitrogens with zero attached hydrogens (tertiary/aromatic N) is 1. The molecule has 3 rings (SSSR count). The number of carbonyl (C=O) groups is 3. The van der Waals surface area contributed by atoms with Gasteiger partial charge in [0.05, 0.1) is 13.0 Å². The molecule has 1 saturated heterocycles. The minimum absolute atomic E-state index is 0.0468. The Labute approximate surface area is 170 Å². The standard InChI is InChI=1S/C19H20BrN3O3S/c20-13-5-7-14(8-6-13)22-17(24)12-21-19(26)16-4-1-9-23(16)18(25)11-15-3-2-10-27-15/h2-3,5-8,10,16H,1,4,9,11-12H2,(H,21,26)(H,22,24). The molecule has 142 valence electrons. The lowest BCUT2D eigenvalue weighted by molar-refractivity contribution is -0.138. The van der Waals surface area contributed by atoms with Gasteiger partial charge in [-0.2, -0.15) is 0 Å². The number of rotatable bonds is 6. The molecule has 8 heteroatoms. The van der Waals surface area contributed by atoms with Crippen LogP contribution in [0.15, 0.2) is 46.3 Å². The van der Waals surface area contributed by atoms with Crippen molar-refractivity contribution in [2.75, 3.05) is 18.4 Å². The van der Waals surface area contributed by atoms with Crippen molar-refractivity contribution in [3.8, 4) is 0 Å². The van der Waals surface area contributed by atoms with Gasteiger partial charge in [-0.25, -0.2) is 0 Å². The monoisotopic (exact) mass is 449 g/mol. The molecule has 6 nitrogen and oxygen atoms in total. The van der Waals surface area contributed by atoms with Gasteiger partial charge in [0.25, 0.3) is 0 Å². The van der Waals surface area contributed by atoms with E-state index in [0.717, 1.165) is 15.8 Å². The van der Waals surface area contributed by atoms with Crippen LogP contribution in [-0.2, 0) is 20.8 Å². The van der Waals surface area contributed by atoms with E-state index in [1.165, 1.54) is 11.3 Å². The molecule has 0 spiro atoms. The summed E-state index contributed by atoms with van der Waals surface area (Å²) in [5.41, 5.74) is 0.658. The van der Waals surface area contributed by atoms with Crippen LogP contribution in [0.4, 0.5) is 5.69 Å². The largest absolute Gasteiger partial charge is 0.345 e. The Morgan fingerprint density at radius 3 is 2.67 bits per heavy atom. The molecule has 1 fully saturated rings. The lowest BCUT2D eigenvalue weighted by atomic mass is 10.2. The van der Waals surface area contributed by atoms with Crippen LogP contribution in [0.25, 0.3) is 0 Å². The van der Waals surface area contributed by atoms with Crippen LogP contribution in [0.2, 0.25) is 0 Å². The third-order valence-corrected chi connectivity index (χ3v) is 5.74. The maximum atomic E-state index is 12.5. The summed E-state index contributed by atoms with van der Waals surface area (Å²) in [7, 11) is 0. The first-order valence-electron chi connectivity index (χ1n) is 8.68. The fourth-order valence-electron chi connectivity index (χ4n) is 3.03. The zero-order chi connectivity index (χ0) is 19.2. The molecule has 2 aromatic rings. The van der Waals surface area contributed by atoms with Gasteiger partial charge in [0.1, 0.15) is 6.04 Å². The van der Waals surface area contributed by atoms with Gasteiger partial charge in [0.2, 0.25) is 17.7 Å². The van der Waals surface area contributed by atoms with Crippen LogP contribution in [0.1, 0.15) is 17.7 Å². The van der Waals surface area contributed by atoms with Crippen molar-refractivity contribution >= 4 is 50.7 Å². The van der Waals surface area contributed by atoms with E-state index in [1.54, 1.807) is 17.0 Å². The fourth-order valence-corrected chi connectivity index (χ4v) is 3.99. The average Bonchev–Trinajstić information content (AvgIpc) is 3.33. The van der Waals surface area contributed by atoms with E-state index in [4.69, 9.17) is 0 Å². The number of amides is 3. The van der Waals surface area contributed by atoms with Crippen LogP contribution < -0.4 is 10.6 Å². The summed E-state index contributed by atoms with van der Waals surface area (Å²) in [4.78, 5) is 39.6. The highest BCUT2D eigenvalue weighted by atomic mass is 79.9. The van der Waals surface area contributed by atoms with Crippen LogP contribution in [0.3, 0.4) is 0 Å². The predicted octanol–water partition coefficient (Wildman–Crippen LogP) is 2.80. The minimum atomic E-state index is -0.502. The van der Waals surface area contributed by atoms with Crippen molar-refractivity contribution in [2.45, 2.75) is 25.3 Å². The lowest BCUT2D eigenvalue weighted by Gasteiger charge is -2.23. The number of anilines is 1. The summed E-state index contributed by atoms with van der Waals surface area (Å²) in [5.74, 6) is -0.632. The summed E-state index contributed by atoms with van der Waals surface area (Å²) in [5, 5.41) is 7.30. The molecule has 27 heavy (non-hydrogen) atoms. The maximum absolute atomic E-state index is 12.5. The Morgan fingerprint density at radius 1 is 1.19 bits per heavy atom. The van der Waals surface area contributed by atoms with E-state index >= 15 is 0 Å². The van der Waals surface area contributed by atoms with Crippen LogP contribution in [-0.4, -0.2) is 41.8 Å². The molecule has 0 bridgehead atoms. The van der Waals surface area contributed by atoms with Gasteiger partial charge in [-0.3, -0.25) is 14.4 Å². The number of benzene rings is 1. The van der Waals surface area contributed by atoms with Gasteiger partial charge in [0, 0.05) is 21.6 Å². The average molecular weight is 450 g/mol. The molecule has 0 radical (unpaired) electrons. The first-order chi connectivity index (χ1) is 13.0. The maximum Gasteiger partial charge on any atom is 0.243 e. The molecular formula is C19H20BrN3O3S. The second-order valence-electron chi connectivity index (χ2n) is 6.27. The Kier molecular flexibility index (Phi) is 6.63. The zero-order valence-electron chi connectivity index (χ0n) is 14.6. The van der Waals surface area contributed by atoms with Crippen molar-refractivity contribution in [2.24, 2.45) is 0 Å². The third-order valence-electron chi connectivity index (χ3n) is 4.33. The Balaban J connectivity index is 1.49. The minimum Gasteiger partial charge on any atom is -0.345 e. The second kappa shape index (κ2) is 9.14. The first-order valence-corrected chi connectivity index (χ1v) is 10.3. The smallest absolute Gasteiger partial charge is 0.243 e. The highest BCUT2D eigenvalue weighted by Gasteiger charge is 2.34. The highest BCUT2D eigenvalue weighted by molar-refractivity contribution is 9.10. The molecule has 3 amide bonds. The molecule has 1 aliphatic heterocycles. The number of thiophene rings is 1. The Hall–Kier alpha value is -2.19. The van der Waals surface area contributed by atoms with E-state index in [0.29, 0.717) is 25.1 Å². The quantitative estimate of drug-likeness (QED) is 0.711. The summed E-state index contributed by atoms with van der Waals surface area (Å²) in [6, 6.07) is 10.5. The summed E-state index contributed by atoms with van der Waals surface area (Å²) >= 11 is 4.87. The molecule has 1 atom stereocenters. The number of likely N-dealkylation sites (tertiary alicyclic amines) is 1. The van der Waals surface area contributed by atoms with Crippen molar-refractivity contribution in [3.05, 3.63) is 51.1 Å². The van der Waals surface area contributed by atoms with E-state index in [-0.39, 0.29) is 24.3 Å². The summed E-state index contributed by atoms with van der Waals surface area (Å²) < 4.78 is 0.919. The fraction of sp³-hybridized carbons (Fsp3) is 0.316. The molecule has 2 heterocycles. The van der Waals surface area contributed by atoms with Crippen LogP contribution in [0.5, 0.6) is 0 Å². The van der Waals surface area contributed by atoms with Gasteiger partial charge in [-0.05, 0) is 48.6 Å². The molecule has 0 aliphatic carbocycles. The Morgan fingerprint density at radius 2 is 1.96 bits per heavy atom. The molecule has 0 saturated carbocycles. The molecule has 1 aromatic heterocycles. The summed E-state index contributed by atoms with van der Waals surface area (Å²) in [6.45, 7) is 0.450. The highest BCUT2D eigenvalue weighted by Crippen LogP contribution is 2.20. The van der Waals surface area contributed by atoms with Crippen molar-refractivity contribution in [1.29, 1.82) is 0 Å². The van der Waals surface area contributed by atoms with E-state index < -0.39 is 6.04 Å². The van der Waals surface area contributed by atoms with Crippen LogP contribution in [0, 0.1) is 0 Å². The number of halogens is 1. The Bertz CT molecular complexity index is 808. The predicted molar refractivity (Wildman–Crippen MR) is 109 cm³/mol. The van der Waals surface area contributed by atoms with Crippen molar-refractivity contribution in [1.82, 2.24) is 10.2 Å². The van der Waals surface area contributed by atoms with Gasteiger partial charge in [-0.1, -0.05) is 22.0 Å². The number of hydrogen-bond acceptors (Lipinski definition) is 4. The van der Waals surface area contributed by atoms with Gasteiger partial charge < -0.3 is 15.5 Å². The van der Waals surface area contributed by atoms with E-state index in [1.807, 2.05) is 29.6 Å². The van der Waals surface area contributed by atoms with Crippen molar-refractivity contribution in [3.63, 3.8) is 0 Å². The number of nitrogens with one attached hydrogen (secondary N) is 2. The molecule has 1 unspecified atom stereocenters. The molecule has 1 aromatic carbocycles. The topological polar surface area (TPSA) is 78.5 Å². The summed E-state index contributed by atoms with van der Waals surface area (Å²) in [6.07, 6.45) is 1.72. The van der Waals surface area contributed by atoms with E-state index in [2.05, 4.69) is 26.6 Å². The van der Waals surface area contributed by atoms with Crippen molar-refractivity contribution < 1.29 is 14.4 Å². The molecule has 1 aliphatic rings.